The van der Waals surface area contributed by atoms with Crippen molar-refractivity contribution in [3.05, 3.63) is 16.6 Å². The predicted octanol–water partition coefficient (Wildman–Crippen LogP) is 2.37. The molecule has 1 heterocycles. The fraction of sp³-hybridized carbons (Fsp3) is 0.625. The van der Waals surface area contributed by atoms with Crippen molar-refractivity contribution in [1.82, 2.24) is 4.98 Å². The summed E-state index contributed by atoms with van der Waals surface area (Å²) in [5, 5.41) is 9.51. The minimum atomic E-state index is -0.289. The van der Waals surface area contributed by atoms with E-state index in [2.05, 4.69) is 11.9 Å². The Kier molecular flexibility index (Phi) is 3.52. The van der Waals surface area contributed by atoms with Crippen LogP contribution in [0.4, 0.5) is 0 Å². The molecular weight excluding hydrogens is 158 g/mol. The van der Waals surface area contributed by atoms with Crippen molar-refractivity contribution in [2.24, 2.45) is 0 Å². The molecule has 0 fully saturated rings. The Morgan fingerprint density at radius 3 is 3.09 bits per heavy atom. The molecule has 0 aromatic carbocycles. The molecule has 0 aliphatic rings. The minimum absolute atomic E-state index is 0.289. The van der Waals surface area contributed by atoms with Crippen LogP contribution in [-0.4, -0.2) is 10.1 Å². The lowest BCUT2D eigenvalue weighted by atomic mass is 10.1. The van der Waals surface area contributed by atoms with E-state index in [9.17, 15) is 5.11 Å². The van der Waals surface area contributed by atoms with Crippen LogP contribution in [-0.2, 0) is 0 Å². The molecule has 62 valence electrons. The molecule has 1 unspecified atom stereocenters. The first-order valence-corrected chi connectivity index (χ1v) is 4.79. The summed E-state index contributed by atoms with van der Waals surface area (Å²) in [5.41, 5.74) is 1.75. The Labute approximate surface area is 70.9 Å². The zero-order valence-corrected chi connectivity index (χ0v) is 7.47. The van der Waals surface area contributed by atoms with E-state index in [1.54, 1.807) is 11.7 Å². The second-order valence-electron chi connectivity index (χ2n) is 2.56. The van der Waals surface area contributed by atoms with Gasteiger partial charge < -0.3 is 5.11 Å². The second-order valence-corrected chi connectivity index (χ2v) is 3.48. The zero-order chi connectivity index (χ0) is 8.10. The summed E-state index contributed by atoms with van der Waals surface area (Å²) in [7, 11) is 0. The fourth-order valence-electron chi connectivity index (χ4n) is 0.930. The minimum Gasteiger partial charge on any atom is -0.388 e. The van der Waals surface area contributed by atoms with Gasteiger partial charge in [0, 0.05) is 6.20 Å². The van der Waals surface area contributed by atoms with Gasteiger partial charge in [0.2, 0.25) is 0 Å². The lowest BCUT2D eigenvalue weighted by molar-refractivity contribution is 0.168. The number of hydrogen-bond acceptors (Lipinski definition) is 3. The maximum atomic E-state index is 9.51. The van der Waals surface area contributed by atoms with Crippen molar-refractivity contribution < 1.29 is 5.11 Å². The SMILES string of the molecule is CCCCC(O)c1cncs1. The van der Waals surface area contributed by atoms with Crippen LogP contribution in [0.5, 0.6) is 0 Å². The summed E-state index contributed by atoms with van der Waals surface area (Å²) in [6.45, 7) is 2.12. The molecule has 11 heavy (non-hydrogen) atoms. The molecule has 0 bridgehead atoms. The first-order valence-electron chi connectivity index (χ1n) is 3.91. The smallest absolute Gasteiger partial charge is 0.0898 e. The van der Waals surface area contributed by atoms with Gasteiger partial charge in [-0.3, -0.25) is 4.98 Å². The van der Waals surface area contributed by atoms with E-state index in [1.807, 2.05) is 0 Å². The molecule has 1 aromatic heterocycles. The van der Waals surface area contributed by atoms with Crippen LogP contribution in [0.3, 0.4) is 0 Å². The molecule has 0 aliphatic carbocycles. The second kappa shape index (κ2) is 4.46. The molecule has 0 aliphatic heterocycles. The van der Waals surface area contributed by atoms with Gasteiger partial charge in [-0.1, -0.05) is 19.8 Å². The van der Waals surface area contributed by atoms with Gasteiger partial charge in [-0.2, -0.15) is 0 Å². The van der Waals surface area contributed by atoms with Gasteiger partial charge in [-0.05, 0) is 6.42 Å². The third-order valence-corrected chi connectivity index (χ3v) is 2.49. The number of thiazole rings is 1. The van der Waals surface area contributed by atoms with Crippen molar-refractivity contribution in [3.8, 4) is 0 Å². The molecule has 1 atom stereocenters. The molecule has 0 spiro atoms. The van der Waals surface area contributed by atoms with Crippen LogP contribution in [0, 0.1) is 0 Å². The third kappa shape index (κ3) is 2.60. The summed E-state index contributed by atoms with van der Waals surface area (Å²) >= 11 is 1.52. The van der Waals surface area contributed by atoms with Crippen molar-refractivity contribution in [2.75, 3.05) is 0 Å². The van der Waals surface area contributed by atoms with E-state index in [4.69, 9.17) is 0 Å². The van der Waals surface area contributed by atoms with Crippen LogP contribution in [0.15, 0.2) is 11.7 Å². The van der Waals surface area contributed by atoms with E-state index in [0.29, 0.717) is 0 Å². The summed E-state index contributed by atoms with van der Waals surface area (Å²) in [4.78, 5) is 4.89. The standard InChI is InChI=1S/C8H13NOS/c1-2-3-4-7(10)8-5-9-6-11-8/h5-7,10H,2-4H2,1H3. The number of hydrogen-bond donors (Lipinski definition) is 1. The third-order valence-electron chi connectivity index (χ3n) is 1.61. The zero-order valence-electron chi connectivity index (χ0n) is 6.66. The van der Waals surface area contributed by atoms with E-state index in [1.165, 1.54) is 11.3 Å². The molecule has 2 nitrogen and oxygen atoms in total. The van der Waals surface area contributed by atoms with Crippen LogP contribution >= 0.6 is 11.3 Å². The number of aromatic nitrogens is 1. The van der Waals surface area contributed by atoms with Gasteiger partial charge in [0.05, 0.1) is 16.5 Å². The van der Waals surface area contributed by atoms with Crippen molar-refractivity contribution >= 4 is 11.3 Å². The molecule has 1 aromatic rings. The Morgan fingerprint density at radius 1 is 1.73 bits per heavy atom. The van der Waals surface area contributed by atoms with Gasteiger partial charge >= 0.3 is 0 Å². The molecule has 1 N–H and O–H groups in total. The van der Waals surface area contributed by atoms with Gasteiger partial charge in [0.1, 0.15) is 0 Å². The largest absolute Gasteiger partial charge is 0.388 e. The van der Waals surface area contributed by atoms with E-state index in [0.717, 1.165) is 24.1 Å². The highest BCUT2D eigenvalue weighted by atomic mass is 32.1. The molecule has 0 amide bonds. The maximum absolute atomic E-state index is 9.51. The molecule has 0 saturated carbocycles. The van der Waals surface area contributed by atoms with Crippen LogP contribution in [0.1, 0.15) is 37.2 Å². The number of aliphatic hydroxyl groups is 1. The molecule has 1 rings (SSSR count). The van der Waals surface area contributed by atoms with Crippen LogP contribution in [0.25, 0.3) is 0 Å². The van der Waals surface area contributed by atoms with Crippen LogP contribution in [0.2, 0.25) is 0 Å². The first kappa shape index (κ1) is 8.68. The van der Waals surface area contributed by atoms with Crippen molar-refractivity contribution in [3.63, 3.8) is 0 Å². The average molecular weight is 171 g/mol. The quantitative estimate of drug-likeness (QED) is 0.754. The van der Waals surface area contributed by atoms with Gasteiger partial charge in [0.25, 0.3) is 0 Å². The monoisotopic (exact) mass is 171 g/mol. The van der Waals surface area contributed by atoms with Gasteiger partial charge in [-0.25, -0.2) is 0 Å². The lowest BCUT2D eigenvalue weighted by Gasteiger charge is -2.05. The number of rotatable bonds is 4. The van der Waals surface area contributed by atoms with E-state index >= 15 is 0 Å². The van der Waals surface area contributed by atoms with Gasteiger partial charge in [0.15, 0.2) is 0 Å². The lowest BCUT2D eigenvalue weighted by Crippen LogP contribution is -1.93. The Morgan fingerprint density at radius 2 is 2.55 bits per heavy atom. The summed E-state index contributed by atoms with van der Waals surface area (Å²) in [6.07, 6.45) is 4.53. The van der Waals surface area contributed by atoms with E-state index in [-0.39, 0.29) is 6.10 Å². The number of unbranched alkanes of at least 4 members (excludes halogenated alkanes) is 1. The Balaban J connectivity index is 2.36. The molecular formula is C8H13NOS. The predicted molar refractivity (Wildman–Crippen MR) is 46.6 cm³/mol. The van der Waals surface area contributed by atoms with Gasteiger partial charge in [-0.15, -0.1) is 11.3 Å². The average Bonchev–Trinajstić information content (AvgIpc) is 2.52. The van der Waals surface area contributed by atoms with Crippen molar-refractivity contribution in [1.29, 1.82) is 0 Å². The van der Waals surface area contributed by atoms with Crippen molar-refractivity contribution in [2.45, 2.75) is 32.3 Å². The summed E-state index contributed by atoms with van der Waals surface area (Å²) < 4.78 is 0. The summed E-state index contributed by atoms with van der Waals surface area (Å²) in [6, 6.07) is 0. The Bertz CT molecular complexity index is 186. The Hall–Kier alpha value is -0.410. The fourth-order valence-corrected chi connectivity index (χ4v) is 1.57. The maximum Gasteiger partial charge on any atom is 0.0898 e. The van der Waals surface area contributed by atoms with Crippen LogP contribution < -0.4 is 0 Å². The molecule has 0 saturated heterocycles. The highest BCUT2D eigenvalue weighted by molar-refractivity contribution is 7.09. The molecule has 0 radical (unpaired) electrons. The first-order chi connectivity index (χ1) is 5.34. The topological polar surface area (TPSA) is 33.1 Å². The number of nitrogens with zero attached hydrogens (tertiary/aromatic N) is 1. The highest BCUT2D eigenvalue weighted by Crippen LogP contribution is 2.21. The van der Waals surface area contributed by atoms with E-state index < -0.39 is 0 Å². The summed E-state index contributed by atoms with van der Waals surface area (Å²) in [5.74, 6) is 0. The number of aliphatic hydroxyl groups excluding tert-OH is 1. The highest BCUT2D eigenvalue weighted by Gasteiger charge is 2.06. The molecule has 3 heteroatoms. The normalized spacial score (nSPS) is 13.3.